The fraction of sp³-hybridized carbons (Fsp3) is 0.562. The molecule has 0 saturated heterocycles. The highest BCUT2D eigenvalue weighted by Gasteiger charge is 2.18. The van der Waals surface area contributed by atoms with Crippen molar-refractivity contribution < 1.29 is 14.4 Å². The van der Waals surface area contributed by atoms with Crippen LogP contribution in [0.5, 0.6) is 0 Å². The van der Waals surface area contributed by atoms with Crippen molar-refractivity contribution in [3.05, 3.63) is 20.8 Å². The van der Waals surface area contributed by atoms with Gasteiger partial charge in [0.25, 0.3) is 5.91 Å². The van der Waals surface area contributed by atoms with Gasteiger partial charge in [-0.05, 0) is 40.9 Å². The van der Waals surface area contributed by atoms with Crippen LogP contribution < -0.4 is 10.6 Å². The van der Waals surface area contributed by atoms with E-state index in [-0.39, 0.29) is 36.9 Å². The Kier molecular flexibility index (Phi) is 7.23. The van der Waals surface area contributed by atoms with Crippen LogP contribution in [0, 0.1) is 0 Å². The summed E-state index contributed by atoms with van der Waals surface area (Å²) in [7, 11) is 1.57. The van der Waals surface area contributed by atoms with Gasteiger partial charge < -0.3 is 15.5 Å². The average Bonchev–Trinajstić information content (AvgIpc) is 2.99. The lowest BCUT2D eigenvalue weighted by atomic mass is 9.95. The fourth-order valence-electron chi connectivity index (χ4n) is 2.66. The molecule has 6 nitrogen and oxygen atoms in total. The van der Waals surface area contributed by atoms with Gasteiger partial charge in [0.1, 0.15) is 0 Å². The van der Waals surface area contributed by atoms with Crippen molar-refractivity contribution in [3.63, 3.8) is 0 Å². The molecular formula is C16H22BrN3O3S. The molecular weight excluding hydrogens is 394 g/mol. The lowest BCUT2D eigenvalue weighted by Gasteiger charge is -2.23. The molecule has 24 heavy (non-hydrogen) atoms. The normalized spacial score (nSPS) is 14.9. The number of carbonyl (C=O) groups excluding carboxylic acids is 3. The smallest absolute Gasteiger partial charge is 0.264 e. The quantitative estimate of drug-likeness (QED) is 0.746. The van der Waals surface area contributed by atoms with Gasteiger partial charge in [0.15, 0.2) is 0 Å². The maximum Gasteiger partial charge on any atom is 0.264 e. The number of thiophene rings is 1. The van der Waals surface area contributed by atoms with Crippen LogP contribution in [0.15, 0.2) is 15.9 Å². The monoisotopic (exact) mass is 415 g/mol. The second-order valence-electron chi connectivity index (χ2n) is 5.94. The van der Waals surface area contributed by atoms with Crippen molar-refractivity contribution in [2.75, 3.05) is 20.1 Å². The van der Waals surface area contributed by atoms with Gasteiger partial charge in [-0.3, -0.25) is 14.4 Å². The maximum absolute atomic E-state index is 12.2. The van der Waals surface area contributed by atoms with Crippen LogP contribution in [0.1, 0.15) is 41.8 Å². The molecule has 3 amide bonds. The zero-order valence-corrected chi connectivity index (χ0v) is 16.0. The fourth-order valence-corrected chi connectivity index (χ4v) is 4.05. The van der Waals surface area contributed by atoms with Gasteiger partial charge in [-0.25, -0.2) is 0 Å². The highest BCUT2D eigenvalue weighted by molar-refractivity contribution is 9.11. The molecule has 1 aliphatic carbocycles. The summed E-state index contributed by atoms with van der Waals surface area (Å²) in [4.78, 5) is 37.8. The largest absolute Gasteiger partial charge is 0.352 e. The van der Waals surface area contributed by atoms with Crippen LogP contribution >= 0.6 is 27.3 Å². The van der Waals surface area contributed by atoms with E-state index in [1.165, 1.54) is 22.7 Å². The number of amides is 3. The standard InChI is InChI=1S/C16H22BrN3O3S/c1-20(16(23)12-7-8-13(17)24-12)10-15(22)18-9-14(21)19-11-5-3-2-4-6-11/h7-8,11H,2-6,9-10H2,1H3,(H,18,22)(H,19,21). The SMILES string of the molecule is CN(CC(=O)NCC(=O)NC1CCCCC1)C(=O)c1ccc(Br)s1. The summed E-state index contributed by atoms with van der Waals surface area (Å²) in [5.41, 5.74) is 0. The van der Waals surface area contributed by atoms with Crippen molar-refractivity contribution in [3.8, 4) is 0 Å². The molecule has 1 aliphatic rings. The minimum Gasteiger partial charge on any atom is -0.352 e. The molecule has 0 atom stereocenters. The molecule has 1 aromatic heterocycles. The van der Waals surface area contributed by atoms with Gasteiger partial charge in [0.2, 0.25) is 11.8 Å². The zero-order valence-electron chi connectivity index (χ0n) is 13.6. The number of nitrogens with one attached hydrogen (secondary N) is 2. The topological polar surface area (TPSA) is 78.5 Å². The Bertz CT molecular complexity index is 599. The number of hydrogen-bond acceptors (Lipinski definition) is 4. The first kappa shape index (κ1) is 18.9. The number of nitrogens with zero attached hydrogens (tertiary/aromatic N) is 1. The van der Waals surface area contributed by atoms with Gasteiger partial charge in [-0.15, -0.1) is 11.3 Å². The van der Waals surface area contributed by atoms with Crippen molar-refractivity contribution in [1.82, 2.24) is 15.5 Å². The second kappa shape index (κ2) is 9.17. The minimum absolute atomic E-state index is 0.0537. The van der Waals surface area contributed by atoms with E-state index in [0.717, 1.165) is 29.5 Å². The summed E-state index contributed by atoms with van der Waals surface area (Å²) in [6, 6.07) is 3.73. The molecule has 1 saturated carbocycles. The predicted molar refractivity (Wildman–Crippen MR) is 97.0 cm³/mol. The Morgan fingerprint density at radius 2 is 1.92 bits per heavy atom. The molecule has 2 rings (SSSR count). The number of halogens is 1. The van der Waals surface area contributed by atoms with E-state index < -0.39 is 0 Å². The molecule has 1 heterocycles. The van der Waals surface area contributed by atoms with Gasteiger partial charge in [-0.1, -0.05) is 19.3 Å². The molecule has 8 heteroatoms. The lowest BCUT2D eigenvalue weighted by Crippen LogP contribution is -2.45. The van der Waals surface area contributed by atoms with Crippen molar-refractivity contribution in [2.24, 2.45) is 0 Å². The number of carbonyl (C=O) groups is 3. The molecule has 0 radical (unpaired) electrons. The third kappa shape index (κ3) is 5.90. The van der Waals surface area contributed by atoms with Crippen LogP contribution in [0.4, 0.5) is 0 Å². The molecule has 2 N–H and O–H groups in total. The number of rotatable bonds is 6. The third-order valence-corrected chi connectivity index (χ3v) is 5.54. The average molecular weight is 416 g/mol. The summed E-state index contributed by atoms with van der Waals surface area (Å²) < 4.78 is 0.864. The summed E-state index contributed by atoms with van der Waals surface area (Å²) in [5.74, 6) is -0.737. The zero-order chi connectivity index (χ0) is 17.5. The molecule has 0 spiro atoms. The van der Waals surface area contributed by atoms with Gasteiger partial charge >= 0.3 is 0 Å². The van der Waals surface area contributed by atoms with E-state index in [0.29, 0.717) is 4.88 Å². The van der Waals surface area contributed by atoms with Crippen LogP contribution in [-0.4, -0.2) is 48.8 Å². The highest BCUT2D eigenvalue weighted by Crippen LogP contribution is 2.23. The second-order valence-corrected chi connectivity index (χ2v) is 8.41. The molecule has 0 bridgehead atoms. The summed E-state index contributed by atoms with van der Waals surface area (Å²) >= 11 is 4.62. The van der Waals surface area contributed by atoms with E-state index in [9.17, 15) is 14.4 Å². The van der Waals surface area contributed by atoms with E-state index in [2.05, 4.69) is 26.6 Å². The van der Waals surface area contributed by atoms with Gasteiger partial charge in [0.05, 0.1) is 21.8 Å². The molecule has 0 aliphatic heterocycles. The molecule has 1 aromatic rings. The molecule has 0 unspecified atom stereocenters. The van der Waals surface area contributed by atoms with Crippen LogP contribution in [-0.2, 0) is 9.59 Å². The predicted octanol–water partition coefficient (Wildman–Crippen LogP) is 2.15. The molecule has 0 aromatic carbocycles. The van der Waals surface area contributed by atoms with Crippen LogP contribution in [0.25, 0.3) is 0 Å². The highest BCUT2D eigenvalue weighted by atomic mass is 79.9. The Hall–Kier alpha value is -1.41. The van der Waals surface area contributed by atoms with E-state index in [1.807, 2.05) is 0 Å². The van der Waals surface area contributed by atoms with Gasteiger partial charge in [0, 0.05) is 13.1 Å². The third-order valence-electron chi connectivity index (χ3n) is 3.93. The van der Waals surface area contributed by atoms with Gasteiger partial charge in [-0.2, -0.15) is 0 Å². The Morgan fingerprint density at radius 3 is 2.54 bits per heavy atom. The van der Waals surface area contributed by atoms with Crippen LogP contribution in [0.2, 0.25) is 0 Å². The summed E-state index contributed by atoms with van der Waals surface area (Å²) in [5, 5.41) is 5.50. The van der Waals surface area contributed by atoms with Crippen molar-refractivity contribution in [1.29, 1.82) is 0 Å². The number of likely N-dealkylation sites (N-methyl/N-ethyl adjacent to an activating group) is 1. The first-order valence-electron chi connectivity index (χ1n) is 8.02. The molecule has 1 fully saturated rings. The minimum atomic E-state index is -0.347. The van der Waals surface area contributed by atoms with Crippen LogP contribution in [0.3, 0.4) is 0 Å². The first-order chi connectivity index (χ1) is 11.5. The Balaban J connectivity index is 1.70. The summed E-state index contributed by atoms with van der Waals surface area (Å²) in [6.07, 6.45) is 5.52. The maximum atomic E-state index is 12.2. The Morgan fingerprint density at radius 1 is 1.21 bits per heavy atom. The lowest BCUT2D eigenvalue weighted by molar-refractivity contribution is -0.126. The van der Waals surface area contributed by atoms with E-state index in [1.54, 1.807) is 19.2 Å². The summed E-state index contributed by atoms with van der Waals surface area (Å²) in [6.45, 7) is -0.132. The Labute approximate surface area is 154 Å². The van der Waals surface area contributed by atoms with Crippen molar-refractivity contribution >= 4 is 45.0 Å². The number of hydrogen-bond donors (Lipinski definition) is 2. The van der Waals surface area contributed by atoms with E-state index in [4.69, 9.17) is 0 Å². The van der Waals surface area contributed by atoms with E-state index >= 15 is 0 Å². The first-order valence-corrected chi connectivity index (χ1v) is 9.63. The van der Waals surface area contributed by atoms with Crippen molar-refractivity contribution in [2.45, 2.75) is 38.1 Å². The molecule has 132 valence electrons.